The minimum atomic E-state index is 0.0851. The largest absolute Gasteiger partial charge is 0.458 e. The van der Waals surface area contributed by atoms with Crippen molar-refractivity contribution in [2.24, 2.45) is 0 Å². The van der Waals surface area contributed by atoms with Crippen LogP contribution in [0.2, 0.25) is 5.02 Å². The molecule has 1 atom stereocenters. The van der Waals surface area contributed by atoms with Crippen LogP contribution in [0.5, 0.6) is 6.01 Å². The summed E-state index contributed by atoms with van der Waals surface area (Å²) in [6.07, 6.45) is 7.94. The molecule has 1 unspecified atom stereocenters. The number of halogens is 1. The Morgan fingerprint density at radius 1 is 1.30 bits per heavy atom. The van der Waals surface area contributed by atoms with Crippen molar-refractivity contribution in [2.45, 2.75) is 19.4 Å². The second kappa shape index (κ2) is 5.63. The number of pyridine rings is 1. The Kier molecular flexibility index (Phi) is 3.69. The molecular weight excluding hydrogens is 276 g/mol. The number of nitrogens with zero attached hydrogens (tertiary/aromatic N) is 4. The van der Waals surface area contributed by atoms with Crippen molar-refractivity contribution in [3.8, 4) is 6.01 Å². The van der Waals surface area contributed by atoms with Gasteiger partial charge in [-0.15, -0.1) is 0 Å². The number of rotatable bonds is 3. The second-order valence-electron chi connectivity index (χ2n) is 4.84. The third-order valence-electron chi connectivity index (χ3n) is 3.27. The van der Waals surface area contributed by atoms with Crippen molar-refractivity contribution in [3.63, 3.8) is 0 Å². The Hall–Kier alpha value is -1.88. The van der Waals surface area contributed by atoms with Gasteiger partial charge in [-0.05, 0) is 18.6 Å². The van der Waals surface area contributed by atoms with Crippen LogP contribution in [0, 0.1) is 6.92 Å². The van der Waals surface area contributed by atoms with Crippen LogP contribution in [0.25, 0.3) is 0 Å². The fraction of sp³-hybridized carbons (Fsp3) is 0.357. The molecular formula is C14H15ClN4O. The molecule has 3 heterocycles. The maximum atomic E-state index is 6.16. The van der Waals surface area contributed by atoms with Gasteiger partial charge in [0.1, 0.15) is 6.10 Å². The van der Waals surface area contributed by atoms with Crippen molar-refractivity contribution in [3.05, 3.63) is 41.4 Å². The second-order valence-corrected chi connectivity index (χ2v) is 5.25. The predicted octanol–water partition coefficient (Wildman–Crippen LogP) is 2.49. The van der Waals surface area contributed by atoms with E-state index in [4.69, 9.17) is 16.3 Å². The average Bonchev–Trinajstić information content (AvgIpc) is 2.90. The van der Waals surface area contributed by atoms with Crippen LogP contribution in [-0.2, 0) is 0 Å². The van der Waals surface area contributed by atoms with Crippen LogP contribution in [0.1, 0.15) is 12.0 Å². The fourth-order valence-corrected chi connectivity index (χ4v) is 2.50. The number of aryl methyl sites for hydroxylation is 1. The maximum absolute atomic E-state index is 6.16. The molecule has 2 aromatic heterocycles. The molecule has 1 aliphatic rings. The Labute approximate surface area is 122 Å². The molecule has 0 bridgehead atoms. The highest BCUT2D eigenvalue weighted by molar-refractivity contribution is 6.33. The summed E-state index contributed by atoms with van der Waals surface area (Å²) in [4.78, 5) is 14.5. The van der Waals surface area contributed by atoms with Gasteiger partial charge < -0.3 is 9.64 Å². The smallest absolute Gasteiger partial charge is 0.316 e. The molecule has 0 amide bonds. The number of ether oxygens (including phenoxy) is 1. The molecule has 1 aliphatic heterocycles. The highest BCUT2D eigenvalue weighted by atomic mass is 35.5. The van der Waals surface area contributed by atoms with Crippen molar-refractivity contribution >= 4 is 17.3 Å². The van der Waals surface area contributed by atoms with E-state index >= 15 is 0 Å². The van der Waals surface area contributed by atoms with E-state index in [-0.39, 0.29) is 6.10 Å². The summed E-state index contributed by atoms with van der Waals surface area (Å²) < 4.78 is 5.80. The molecule has 104 valence electrons. The summed E-state index contributed by atoms with van der Waals surface area (Å²) in [6, 6.07) is 2.36. The fourth-order valence-electron chi connectivity index (χ4n) is 2.26. The van der Waals surface area contributed by atoms with E-state index < -0.39 is 0 Å². The molecule has 0 spiro atoms. The van der Waals surface area contributed by atoms with Crippen LogP contribution in [-0.4, -0.2) is 34.1 Å². The summed E-state index contributed by atoms with van der Waals surface area (Å²) in [5.74, 6) is 0. The van der Waals surface area contributed by atoms with E-state index in [2.05, 4.69) is 19.9 Å². The lowest BCUT2D eigenvalue weighted by Gasteiger charge is -2.19. The number of hydrogen-bond donors (Lipinski definition) is 0. The zero-order chi connectivity index (χ0) is 13.9. The molecule has 0 saturated carbocycles. The van der Waals surface area contributed by atoms with Crippen molar-refractivity contribution in [1.82, 2.24) is 15.0 Å². The summed E-state index contributed by atoms with van der Waals surface area (Å²) in [7, 11) is 0. The van der Waals surface area contributed by atoms with Crippen molar-refractivity contribution in [1.29, 1.82) is 0 Å². The van der Waals surface area contributed by atoms with Crippen LogP contribution >= 0.6 is 11.6 Å². The van der Waals surface area contributed by atoms with E-state index in [1.807, 2.05) is 13.0 Å². The molecule has 0 radical (unpaired) electrons. The third kappa shape index (κ3) is 2.82. The molecule has 1 fully saturated rings. The monoisotopic (exact) mass is 290 g/mol. The van der Waals surface area contributed by atoms with Gasteiger partial charge in [-0.25, -0.2) is 9.97 Å². The Morgan fingerprint density at radius 3 is 2.85 bits per heavy atom. The standard InChI is InChI=1S/C14H15ClN4O/c1-10-6-17-14(18-7-10)20-11-3-5-19(9-11)13-2-4-16-8-12(13)15/h2,4,6-8,11H,3,5,9H2,1H3. The molecule has 0 aromatic carbocycles. The highest BCUT2D eigenvalue weighted by Crippen LogP contribution is 2.28. The molecule has 3 rings (SSSR count). The Bertz CT molecular complexity index is 590. The van der Waals surface area contributed by atoms with Gasteiger partial charge in [-0.3, -0.25) is 4.98 Å². The lowest BCUT2D eigenvalue weighted by molar-refractivity contribution is 0.206. The first-order chi connectivity index (χ1) is 9.72. The van der Waals surface area contributed by atoms with Crippen LogP contribution in [0.15, 0.2) is 30.9 Å². The van der Waals surface area contributed by atoms with Gasteiger partial charge in [-0.2, -0.15) is 0 Å². The number of hydrogen-bond acceptors (Lipinski definition) is 5. The molecule has 5 nitrogen and oxygen atoms in total. The van der Waals surface area contributed by atoms with Gasteiger partial charge in [0, 0.05) is 37.8 Å². The predicted molar refractivity (Wildman–Crippen MR) is 77.3 cm³/mol. The van der Waals surface area contributed by atoms with E-state index in [0.29, 0.717) is 11.0 Å². The van der Waals surface area contributed by atoms with Crippen molar-refractivity contribution < 1.29 is 4.74 Å². The van der Waals surface area contributed by atoms with Crippen LogP contribution < -0.4 is 9.64 Å². The zero-order valence-electron chi connectivity index (χ0n) is 11.2. The SMILES string of the molecule is Cc1cnc(OC2CCN(c3ccncc3Cl)C2)nc1. The number of anilines is 1. The summed E-state index contributed by atoms with van der Waals surface area (Å²) >= 11 is 6.16. The third-order valence-corrected chi connectivity index (χ3v) is 3.56. The minimum absolute atomic E-state index is 0.0851. The van der Waals surface area contributed by atoms with Gasteiger partial charge in [-0.1, -0.05) is 11.6 Å². The molecule has 1 saturated heterocycles. The summed E-state index contributed by atoms with van der Waals surface area (Å²) in [5, 5.41) is 0.666. The quantitative estimate of drug-likeness (QED) is 0.869. The van der Waals surface area contributed by atoms with E-state index in [1.54, 1.807) is 24.8 Å². The Balaban J connectivity index is 1.65. The first kappa shape index (κ1) is 13.1. The van der Waals surface area contributed by atoms with Gasteiger partial charge in [0.05, 0.1) is 17.3 Å². The average molecular weight is 291 g/mol. The van der Waals surface area contributed by atoms with Gasteiger partial charge >= 0.3 is 6.01 Å². The van der Waals surface area contributed by atoms with E-state index in [1.165, 1.54) is 0 Å². The lowest BCUT2D eigenvalue weighted by atomic mass is 10.3. The maximum Gasteiger partial charge on any atom is 0.316 e. The molecule has 2 aromatic rings. The van der Waals surface area contributed by atoms with Gasteiger partial charge in [0.25, 0.3) is 0 Å². The first-order valence-corrected chi connectivity index (χ1v) is 6.90. The lowest BCUT2D eigenvalue weighted by Crippen LogP contribution is -2.25. The first-order valence-electron chi connectivity index (χ1n) is 6.52. The zero-order valence-corrected chi connectivity index (χ0v) is 11.9. The van der Waals surface area contributed by atoms with Crippen molar-refractivity contribution in [2.75, 3.05) is 18.0 Å². The van der Waals surface area contributed by atoms with Gasteiger partial charge in [0.15, 0.2) is 0 Å². The molecule has 0 aliphatic carbocycles. The summed E-state index contributed by atoms with van der Waals surface area (Å²) in [5.41, 5.74) is 2.02. The van der Waals surface area contributed by atoms with Crippen LogP contribution in [0.4, 0.5) is 5.69 Å². The molecule has 20 heavy (non-hydrogen) atoms. The Morgan fingerprint density at radius 2 is 2.10 bits per heavy atom. The van der Waals surface area contributed by atoms with E-state index in [9.17, 15) is 0 Å². The topological polar surface area (TPSA) is 51.1 Å². The normalized spacial score (nSPS) is 18.3. The van der Waals surface area contributed by atoms with Crippen LogP contribution in [0.3, 0.4) is 0 Å². The van der Waals surface area contributed by atoms with Gasteiger partial charge in [0.2, 0.25) is 0 Å². The number of aromatic nitrogens is 3. The molecule has 0 N–H and O–H groups in total. The molecule has 6 heteroatoms. The minimum Gasteiger partial charge on any atom is -0.458 e. The highest BCUT2D eigenvalue weighted by Gasteiger charge is 2.26. The van der Waals surface area contributed by atoms with E-state index in [0.717, 1.165) is 30.8 Å². The summed E-state index contributed by atoms with van der Waals surface area (Å²) in [6.45, 7) is 3.63.